The van der Waals surface area contributed by atoms with Crippen LogP contribution in [0.4, 0.5) is 5.69 Å². The molecule has 1 aliphatic carbocycles. The van der Waals surface area contributed by atoms with Crippen molar-refractivity contribution in [2.75, 3.05) is 11.2 Å². The van der Waals surface area contributed by atoms with Crippen LogP contribution in [0, 0.1) is 0 Å². The Balaban J connectivity index is 1.82. The summed E-state index contributed by atoms with van der Waals surface area (Å²) in [4.78, 5) is 16.2. The van der Waals surface area contributed by atoms with E-state index in [-0.39, 0.29) is 5.91 Å². The van der Waals surface area contributed by atoms with E-state index in [2.05, 4.69) is 36.3 Å². The molecule has 1 aromatic heterocycles. The van der Waals surface area contributed by atoms with E-state index in [0.717, 1.165) is 47.3 Å². The molecule has 4 heteroatoms. The summed E-state index contributed by atoms with van der Waals surface area (Å²) in [5.74, 6) is 0.997. The van der Waals surface area contributed by atoms with E-state index in [9.17, 15) is 4.79 Å². The van der Waals surface area contributed by atoms with Gasteiger partial charge in [-0.25, -0.2) is 0 Å². The number of halogens is 1. The molecule has 1 amide bonds. The molecule has 2 aromatic rings. The summed E-state index contributed by atoms with van der Waals surface area (Å²) in [5.41, 5.74) is 9.11. The van der Waals surface area contributed by atoms with Gasteiger partial charge in [-0.1, -0.05) is 19.9 Å². The lowest BCUT2D eigenvalue weighted by Crippen LogP contribution is -2.04. The third kappa shape index (κ3) is 2.99. The third-order valence-corrected chi connectivity index (χ3v) is 5.67. The van der Waals surface area contributed by atoms with E-state index in [1.54, 1.807) is 0 Å². The summed E-state index contributed by atoms with van der Waals surface area (Å²) < 4.78 is 0. The lowest BCUT2D eigenvalue weighted by atomic mass is 9.89. The number of hydrogen-bond acceptors (Lipinski definition) is 1. The van der Waals surface area contributed by atoms with Crippen LogP contribution in [0.5, 0.6) is 0 Å². The molecule has 0 fully saturated rings. The average Bonchev–Trinajstić information content (AvgIpc) is 3.13. The van der Waals surface area contributed by atoms with Crippen LogP contribution < -0.4 is 5.32 Å². The molecule has 4 rings (SSSR count). The van der Waals surface area contributed by atoms with Gasteiger partial charge in [-0.05, 0) is 72.9 Å². The number of nitrogens with one attached hydrogen (secondary N) is 2. The molecule has 136 valence electrons. The summed E-state index contributed by atoms with van der Waals surface area (Å²) in [6.45, 7) is 4.47. The molecule has 2 heterocycles. The fourth-order valence-electron chi connectivity index (χ4n) is 4.29. The van der Waals surface area contributed by atoms with E-state index < -0.39 is 0 Å². The molecule has 26 heavy (non-hydrogen) atoms. The van der Waals surface area contributed by atoms with Crippen molar-refractivity contribution in [2.24, 2.45) is 0 Å². The predicted octanol–water partition coefficient (Wildman–Crippen LogP) is 5.29. The minimum absolute atomic E-state index is 0.0229. The quantitative estimate of drug-likeness (QED) is 0.558. The molecule has 0 bridgehead atoms. The van der Waals surface area contributed by atoms with Gasteiger partial charge in [0, 0.05) is 28.5 Å². The summed E-state index contributed by atoms with van der Waals surface area (Å²) in [6, 6.07) is 6.12. The van der Waals surface area contributed by atoms with Crippen LogP contribution in [-0.4, -0.2) is 16.8 Å². The maximum Gasteiger partial charge on any atom is 0.256 e. The van der Waals surface area contributed by atoms with Gasteiger partial charge in [-0.2, -0.15) is 0 Å². The average molecular weight is 369 g/mol. The highest BCUT2D eigenvalue weighted by Crippen LogP contribution is 2.37. The van der Waals surface area contributed by atoms with Crippen LogP contribution in [-0.2, 0) is 24.1 Å². The molecule has 0 spiro atoms. The molecule has 2 N–H and O–H groups in total. The maximum atomic E-state index is 12.6. The van der Waals surface area contributed by atoms with E-state index in [0.29, 0.717) is 11.8 Å². The molecular weight excluding hydrogens is 344 g/mol. The molecule has 0 saturated heterocycles. The SMILES string of the molecule is CC(C)c1c(C=C2C(=O)Nc3ccc(CCCl)cc32)[nH]c2c1CCCC2. The largest absolute Gasteiger partial charge is 0.358 e. The van der Waals surface area contributed by atoms with Crippen LogP contribution >= 0.6 is 11.6 Å². The van der Waals surface area contributed by atoms with Gasteiger partial charge in [-0.15, -0.1) is 11.6 Å². The molecule has 0 unspecified atom stereocenters. The minimum atomic E-state index is -0.0229. The van der Waals surface area contributed by atoms with Gasteiger partial charge in [-0.3, -0.25) is 4.79 Å². The second kappa shape index (κ2) is 6.96. The molecule has 0 saturated carbocycles. The zero-order valence-corrected chi connectivity index (χ0v) is 16.2. The molecule has 0 radical (unpaired) electrons. The fourth-order valence-corrected chi connectivity index (χ4v) is 4.51. The first-order valence-electron chi connectivity index (χ1n) is 9.54. The van der Waals surface area contributed by atoms with Gasteiger partial charge in [0.1, 0.15) is 0 Å². The predicted molar refractivity (Wildman–Crippen MR) is 109 cm³/mol. The van der Waals surface area contributed by atoms with Gasteiger partial charge in [0.15, 0.2) is 0 Å². The number of alkyl halides is 1. The number of aromatic amines is 1. The number of aryl methyl sites for hydroxylation is 2. The normalized spacial score (nSPS) is 17.5. The van der Waals surface area contributed by atoms with Gasteiger partial charge < -0.3 is 10.3 Å². The number of benzene rings is 1. The number of H-pyrrole nitrogens is 1. The van der Waals surface area contributed by atoms with Gasteiger partial charge in [0.2, 0.25) is 0 Å². The van der Waals surface area contributed by atoms with Crippen molar-refractivity contribution >= 4 is 34.8 Å². The number of rotatable bonds is 4. The summed E-state index contributed by atoms with van der Waals surface area (Å²) in [5, 5.41) is 2.99. The van der Waals surface area contributed by atoms with Crippen molar-refractivity contribution in [3.63, 3.8) is 0 Å². The van der Waals surface area contributed by atoms with E-state index in [4.69, 9.17) is 11.6 Å². The number of amides is 1. The Bertz CT molecular complexity index is 892. The number of anilines is 1. The highest BCUT2D eigenvalue weighted by Gasteiger charge is 2.27. The Labute approximate surface area is 159 Å². The monoisotopic (exact) mass is 368 g/mol. The molecule has 1 aliphatic heterocycles. The zero-order valence-electron chi connectivity index (χ0n) is 15.4. The Kier molecular flexibility index (Phi) is 4.66. The summed E-state index contributed by atoms with van der Waals surface area (Å²) in [7, 11) is 0. The van der Waals surface area contributed by atoms with Crippen LogP contribution in [0.25, 0.3) is 11.6 Å². The minimum Gasteiger partial charge on any atom is -0.358 e. The Morgan fingerprint density at radius 1 is 1.23 bits per heavy atom. The number of aromatic nitrogens is 1. The van der Waals surface area contributed by atoms with Gasteiger partial charge >= 0.3 is 0 Å². The lowest BCUT2D eigenvalue weighted by molar-refractivity contribution is -0.110. The topological polar surface area (TPSA) is 44.9 Å². The van der Waals surface area contributed by atoms with Crippen LogP contribution in [0.3, 0.4) is 0 Å². The first-order chi connectivity index (χ1) is 12.6. The van der Waals surface area contributed by atoms with Crippen molar-refractivity contribution in [3.8, 4) is 0 Å². The van der Waals surface area contributed by atoms with Gasteiger partial charge in [0.25, 0.3) is 5.91 Å². The van der Waals surface area contributed by atoms with Crippen molar-refractivity contribution in [1.29, 1.82) is 0 Å². The van der Waals surface area contributed by atoms with E-state index in [1.165, 1.54) is 29.7 Å². The molecule has 3 nitrogen and oxygen atoms in total. The smallest absolute Gasteiger partial charge is 0.256 e. The van der Waals surface area contributed by atoms with Crippen molar-refractivity contribution in [2.45, 2.75) is 51.9 Å². The second-order valence-corrected chi connectivity index (χ2v) is 7.98. The Hall–Kier alpha value is -2.00. The molecule has 1 aromatic carbocycles. The van der Waals surface area contributed by atoms with Crippen LogP contribution in [0.2, 0.25) is 0 Å². The van der Waals surface area contributed by atoms with Crippen molar-refractivity contribution in [3.05, 3.63) is 51.8 Å². The zero-order chi connectivity index (χ0) is 18.3. The number of carbonyl (C=O) groups is 1. The maximum absolute atomic E-state index is 12.6. The standard InChI is InChI=1S/C22H25ClN2O/c1-13(2)21-15-5-3-4-6-18(15)24-20(21)12-17-16-11-14(9-10-23)7-8-19(16)25-22(17)26/h7-8,11-13,24H,3-6,9-10H2,1-2H3,(H,25,26). The highest BCUT2D eigenvalue weighted by atomic mass is 35.5. The fraction of sp³-hybridized carbons (Fsp3) is 0.409. The summed E-state index contributed by atoms with van der Waals surface area (Å²) >= 11 is 5.89. The Morgan fingerprint density at radius 3 is 2.81 bits per heavy atom. The van der Waals surface area contributed by atoms with Crippen molar-refractivity contribution < 1.29 is 4.79 Å². The highest BCUT2D eigenvalue weighted by molar-refractivity contribution is 6.35. The first-order valence-corrected chi connectivity index (χ1v) is 10.1. The van der Waals surface area contributed by atoms with Crippen LogP contribution in [0.15, 0.2) is 18.2 Å². The van der Waals surface area contributed by atoms with E-state index in [1.807, 2.05) is 12.1 Å². The second-order valence-electron chi connectivity index (χ2n) is 7.60. The third-order valence-electron chi connectivity index (χ3n) is 5.48. The number of carbonyl (C=O) groups excluding carboxylic acids is 1. The van der Waals surface area contributed by atoms with Crippen molar-refractivity contribution in [1.82, 2.24) is 4.98 Å². The molecule has 0 atom stereocenters. The first kappa shape index (κ1) is 17.4. The molecule has 2 aliphatic rings. The van der Waals surface area contributed by atoms with E-state index >= 15 is 0 Å². The molecular formula is C22H25ClN2O. The summed E-state index contributed by atoms with van der Waals surface area (Å²) in [6.07, 6.45) is 7.62. The Morgan fingerprint density at radius 2 is 2.04 bits per heavy atom. The number of hydrogen-bond donors (Lipinski definition) is 2. The number of fused-ring (bicyclic) bond motifs is 2. The van der Waals surface area contributed by atoms with Crippen LogP contribution in [0.1, 0.15) is 66.2 Å². The lowest BCUT2D eigenvalue weighted by Gasteiger charge is -2.14. The van der Waals surface area contributed by atoms with Gasteiger partial charge in [0.05, 0.1) is 5.57 Å².